The SMILES string of the molecule is CCS(=O)(=O)N1CCC(NC(=NC)NCCCCCOC2CCCCC2)CC1. The molecule has 2 rings (SSSR count). The fraction of sp³-hybridized carbons (Fsp3) is 0.950. The molecule has 2 aliphatic rings. The molecule has 0 bridgehead atoms. The summed E-state index contributed by atoms with van der Waals surface area (Å²) in [7, 11) is -1.28. The number of hydrogen-bond donors (Lipinski definition) is 2. The topological polar surface area (TPSA) is 83.0 Å². The molecule has 2 N–H and O–H groups in total. The Kier molecular flexibility index (Phi) is 10.6. The van der Waals surface area contributed by atoms with E-state index in [-0.39, 0.29) is 11.8 Å². The normalized spacial score (nSPS) is 21.0. The van der Waals surface area contributed by atoms with E-state index in [4.69, 9.17) is 4.74 Å². The van der Waals surface area contributed by atoms with Gasteiger partial charge in [-0.3, -0.25) is 4.99 Å². The lowest BCUT2D eigenvalue weighted by Crippen LogP contribution is -2.50. The molecule has 0 aromatic rings. The number of nitrogens with one attached hydrogen (secondary N) is 2. The smallest absolute Gasteiger partial charge is 0.213 e. The van der Waals surface area contributed by atoms with E-state index in [1.807, 2.05) is 0 Å². The minimum atomic E-state index is -3.06. The third-order valence-corrected chi connectivity index (χ3v) is 7.68. The van der Waals surface area contributed by atoms with Crippen LogP contribution in [0.5, 0.6) is 0 Å². The molecule has 0 aromatic carbocycles. The Morgan fingerprint density at radius 2 is 1.79 bits per heavy atom. The third-order valence-electron chi connectivity index (χ3n) is 5.80. The van der Waals surface area contributed by atoms with Crippen LogP contribution < -0.4 is 10.6 Å². The first kappa shape index (κ1) is 23.4. The Morgan fingerprint density at radius 3 is 2.43 bits per heavy atom. The second-order valence-corrected chi connectivity index (χ2v) is 10.2. The quantitative estimate of drug-likeness (QED) is 0.325. The van der Waals surface area contributed by atoms with Crippen molar-refractivity contribution in [2.45, 2.75) is 83.3 Å². The third kappa shape index (κ3) is 8.25. The monoisotopic (exact) mass is 416 g/mol. The molecule has 0 radical (unpaired) electrons. The number of aliphatic imine (C=N–C) groups is 1. The van der Waals surface area contributed by atoms with Crippen LogP contribution in [0.15, 0.2) is 4.99 Å². The van der Waals surface area contributed by atoms with E-state index in [1.165, 1.54) is 32.1 Å². The molecule has 0 atom stereocenters. The lowest BCUT2D eigenvalue weighted by molar-refractivity contribution is 0.0264. The summed E-state index contributed by atoms with van der Waals surface area (Å²) in [6, 6.07) is 0.276. The number of sulfonamides is 1. The highest BCUT2D eigenvalue weighted by atomic mass is 32.2. The van der Waals surface area contributed by atoms with Gasteiger partial charge in [-0.15, -0.1) is 0 Å². The van der Waals surface area contributed by atoms with E-state index >= 15 is 0 Å². The molecule has 1 heterocycles. The molecule has 2 fully saturated rings. The summed E-state index contributed by atoms with van der Waals surface area (Å²) in [5, 5.41) is 6.81. The molecule has 1 aliphatic heterocycles. The zero-order chi connectivity index (χ0) is 20.2. The maximum Gasteiger partial charge on any atom is 0.213 e. The summed E-state index contributed by atoms with van der Waals surface area (Å²) in [6.07, 6.45) is 12.0. The highest BCUT2D eigenvalue weighted by Gasteiger charge is 2.26. The van der Waals surface area contributed by atoms with Gasteiger partial charge < -0.3 is 15.4 Å². The van der Waals surface area contributed by atoms with Crippen LogP contribution in [0.25, 0.3) is 0 Å². The van der Waals surface area contributed by atoms with Crippen LogP contribution in [0.4, 0.5) is 0 Å². The Morgan fingerprint density at radius 1 is 1.07 bits per heavy atom. The number of rotatable bonds is 10. The predicted molar refractivity (Wildman–Crippen MR) is 115 cm³/mol. The Labute approximate surface area is 171 Å². The summed E-state index contributed by atoms with van der Waals surface area (Å²) in [4.78, 5) is 4.30. The van der Waals surface area contributed by atoms with E-state index in [1.54, 1.807) is 18.3 Å². The maximum absolute atomic E-state index is 11.9. The van der Waals surface area contributed by atoms with Crippen molar-refractivity contribution in [3.8, 4) is 0 Å². The van der Waals surface area contributed by atoms with Crippen LogP contribution in [0.2, 0.25) is 0 Å². The summed E-state index contributed by atoms with van der Waals surface area (Å²) in [5.74, 6) is 0.996. The first-order chi connectivity index (χ1) is 13.5. The summed E-state index contributed by atoms with van der Waals surface area (Å²) < 4.78 is 31.5. The molecule has 0 unspecified atom stereocenters. The van der Waals surface area contributed by atoms with Crippen molar-refractivity contribution in [1.82, 2.24) is 14.9 Å². The van der Waals surface area contributed by atoms with Gasteiger partial charge in [0, 0.05) is 39.3 Å². The molecule has 164 valence electrons. The number of piperidine rings is 1. The Bertz CT molecular complexity index is 554. The van der Waals surface area contributed by atoms with E-state index in [2.05, 4.69) is 15.6 Å². The average molecular weight is 417 g/mol. The van der Waals surface area contributed by atoms with Crippen molar-refractivity contribution in [2.75, 3.05) is 39.0 Å². The highest BCUT2D eigenvalue weighted by Crippen LogP contribution is 2.20. The fourth-order valence-corrected chi connectivity index (χ4v) is 5.07. The second kappa shape index (κ2) is 12.6. The zero-order valence-corrected chi connectivity index (χ0v) is 18.6. The van der Waals surface area contributed by atoms with Crippen LogP contribution in [0.3, 0.4) is 0 Å². The number of guanidine groups is 1. The number of hydrogen-bond acceptors (Lipinski definition) is 4. The van der Waals surface area contributed by atoms with E-state index in [9.17, 15) is 8.42 Å². The Balaban J connectivity index is 1.52. The van der Waals surface area contributed by atoms with Gasteiger partial charge in [-0.05, 0) is 51.9 Å². The largest absolute Gasteiger partial charge is 0.378 e. The molecular formula is C20H40N4O3S. The van der Waals surface area contributed by atoms with Crippen LogP contribution in [-0.4, -0.2) is 69.9 Å². The molecule has 1 aliphatic carbocycles. The van der Waals surface area contributed by atoms with Crippen molar-refractivity contribution in [3.63, 3.8) is 0 Å². The first-order valence-corrected chi connectivity index (χ1v) is 12.7. The maximum atomic E-state index is 11.9. The fourth-order valence-electron chi connectivity index (χ4n) is 3.94. The van der Waals surface area contributed by atoms with Crippen molar-refractivity contribution < 1.29 is 13.2 Å². The van der Waals surface area contributed by atoms with Gasteiger partial charge in [-0.25, -0.2) is 12.7 Å². The highest BCUT2D eigenvalue weighted by molar-refractivity contribution is 7.89. The van der Waals surface area contributed by atoms with Gasteiger partial charge in [0.05, 0.1) is 11.9 Å². The van der Waals surface area contributed by atoms with Crippen LogP contribution in [0, 0.1) is 0 Å². The minimum absolute atomic E-state index is 0.181. The molecule has 0 spiro atoms. The van der Waals surface area contributed by atoms with Crippen molar-refractivity contribution in [2.24, 2.45) is 4.99 Å². The number of unbranched alkanes of at least 4 members (excludes halogenated alkanes) is 2. The molecule has 28 heavy (non-hydrogen) atoms. The van der Waals surface area contributed by atoms with E-state index in [0.717, 1.165) is 51.2 Å². The average Bonchev–Trinajstić information content (AvgIpc) is 2.73. The zero-order valence-electron chi connectivity index (χ0n) is 17.8. The van der Waals surface area contributed by atoms with Crippen LogP contribution in [0.1, 0.15) is 71.1 Å². The van der Waals surface area contributed by atoms with Crippen LogP contribution in [-0.2, 0) is 14.8 Å². The van der Waals surface area contributed by atoms with Crippen molar-refractivity contribution in [1.29, 1.82) is 0 Å². The minimum Gasteiger partial charge on any atom is -0.378 e. The van der Waals surface area contributed by atoms with E-state index in [0.29, 0.717) is 19.2 Å². The second-order valence-electron chi connectivity index (χ2n) is 7.91. The summed E-state index contributed by atoms with van der Waals surface area (Å²) in [6.45, 7) is 4.66. The van der Waals surface area contributed by atoms with Gasteiger partial charge >= 0.3 is 0 Å². The first-order valence-electron chi connectivity index (χ1n) is 11.1. The molecule has 0 aromatic heterocycles. The number of ether oxygens (including phenoxy) is 1. The predicted octanol–water partition coefficient (Wildman–Crippen LogP) is 2.49. The van der Waals surface area contributed by atoms with Crippen molar-refractivity contribution >= 4 is 16.0 Å². The van der Waals surface area contributed by atoms with Gasteiger partial charge in [-0.2, -0.15) is 0 Å². The molecule has 7 nitrogen and oxygen atoms in total. The van der Waals surface area contributed by atoms with Crippen LogP contribution >= 0.6 is 0 Å². The van der Waals surface area contributed by atoms with Gasteiger partial charge in [0.25, 0.3) is 0 Å². The summed E-state index contributed by atoms with van der Waals surface area (Å²) in [5.41, 5.74) is 0. The number of nitrogens with zero attached hydrogens (tertiary/aromatic N) is 2. The molecular weight excluding hydrogens is 376 g/mol. The molecule has 1 saturated heterocycles. The Hall–Kier alpha value is -0.860. The summed E-state index contributed by atoms with van der Waals surface area (Å²) >= 11 is 0. The van der Waals surface area contributed by atoms with Crippen molar-refractivity contribution in [3.05, 3.63) is 0 Å². The molecule has 0 amide bonds. The molecule has 1 saturated carbocycles. The van der Waals surface area contributed by atoms with Gasteiger partial charge in [0.2, 0.25) is 10.0 Å². The van der Waals surface area contributed by atoms with Gasteiger partial charge in [0.15, 0.2) is 5.96 Å². The van der Waals surface area contributed by atoms with Gasteiger partial charge in [0.1, 0.15) is 0 Å². The van der Waals surface area contributed by atoms with E-state index < -0.39 is 10.0 Å². The standard InChI is InChI=1S/C20H40N4O3S/c1-3-28(25,26)24-15-12-18(13-16-24)23-20(21-2)22-14-8-5-9-17-27-19-10-6-4-7-11-19/h18-19H,3-17H2,1-2H3,(H2,21,22,23). The molecule has 8 heteroatoms. The van der Waals surface area contributed by atoms with Gasteiger partial charge in [-0.1, -0.05) is 19.3 Å². The lowest BCUT2D eigenvalue weighted by Gasteiger charge is -2.32. The lowest BCUT2D eigenvalue weighted by atomic mass is 9.98.